The number of nitrogens with zero attached hydrogens (tertiary/aromatic N) is 3. The molecule has 0 fully saturated rings. The number of halogens is 2. The molecule has 9 heteroatoms. The molecule has 0 bridgehead atoms. The zero-order valence-electron chi connectivity index (χ0n) is 10.8. The summed E-state index contributed by atoms with van der Waals surface area (Å²) in [6.45, 7) is 2.06. The highest BCUT2D eigenvalue weighted by atomic mass is 35.5. The third-order valence-corrected chi connectivity index (χ3v) is 2.73. The molecule has 0 radical (unpaired) electrons. The zero-order valence-corrected chi connectivity index (χ0v) is 11.6. The topological polar surface area (TPSA) is 90.2 Å². The van der Waals surface area contributed by atoms with Crippen molar-refractivity contribution in [1.29, 1.82) is 0 Å². The summed E-state index contributed by atoms with van der Waals surface area (Å²) in [4.78, 5) is 17.5. The highest BCUT2D eigenvalue weighted by Gasteiger charge is 2.21. The van der Waals surface area contributed by atoms with Crippen molar-refractivity contribution >= 4 is 28.8 Å². The first-order chi connectivity index (χ1) is 10.0. The molecule has 0 atom stereocenters. The van der Waals surface area contributed by atoms with Crippen molar-refractivity contribution < 1.29 is 14.1 Å². The Labute approximate surface area is 123 Å². The van der Waals surface area contributed by atoms with Gasteiger partial charge in [0.2, 0.25) is 11.0 Å². The monoisotopic (exact) mass is 312 g/mol. The number of rotatable bonds is 5. The van der Waals surface area contributed by atoms with Crippen molar-refractivity contribution in [1.82, 2.24) is 9.97 Å². The van der Waals surface area contributed by atoms with Crippen molar-refractivity contribution in [2.75, 3.05) is 11.9 Å². The number of aromatic nitrogens is 2. The third kappa shape index (κ3) is 3.34. The molecule has 0 aliphatic rings. The van der Waals surface area contributed by atoms with Crippen LogP contribution < -0.4 is 10.1 Å². The Balaban J connectivity index is 2.33. The van der Waals surface area contributed by atoms with E-state index in [1.165, 1.54) is 12.1 Å². The summed E-state index contributed by atoms with van der Waals surface area (Å²) in [5, 5.41) is 13.3. The number of hydrogen-bond donors (Lipinski definition) is 1. The molecule has 2 aromatic rings. The van der Waals surface area contributed by atoms with Crippen molar-refractivity contribution in [2.45, 2.75) is 6.92 Å². The lowest BCUT2D eigenvalue weighted by Crippen LogP contribution is -2.02. The van der Waals surface area contributed by atoms with Crippen LogP contribution in [0.1, 0.15) is 6.92 Å². The van der Waals surface area contributed by atoms with E-state index in [2.05, 4.69) is 15.3 Å². The van der Waals surface area contributed by atoms with E-state index in [9.17, 15) is 14.5 Å². The molecule has 0 spiro atoms. The molecule has 7 nitrogen and oxygen atoms in total. The predicted molar refractivity (Wildman–Crippen MR) is 74.5 cm³/mol. The van der Waals surface area contributed by atoms with Gasteiger partial charge in [-0.2, -0.15) is 0 Å². The van der Waals surface area contributed by atoms with Crippen molar-refractivity contribution in [2.24, 2.45) is 0 Å². The number of nitrogens with one attached hydrogen (secondary N) is 1. The Bertz CT molecular complexity index is 684. The first-order valence-corrected chi connectivity index (χ1v) is 6.25. The maximum absolute atomic E-state index is 13.7. The lowest BCUT2D eigenvalue weighted by molar-refractivity contribution is -0.384. The smallest absolute Gasteiger partial charge is 0.348 e. The van der Waals surface area contributed by atoms with Crippen LogP contribution in [0.25, 0.3) is 0 Å². The highest BCUT2D eigenvalue weighted by molar-refractivity contribution is 6.31. The minimum Gasteiger partial charge on any atom is -0.491 e. The van der Waals surface area contributed by atoms with Crippen LogP contribution >= 0.6 is 11.6 Å². The van der Waals surface area contributed by atoms with Gasteiger partial charge in [-0.15, -0.1) is 0 Å². The molecule has 1 aromatic heterocycles. The average molecular weight is 313 g/mol. The van der Waals surface area contributed by atoms with E-state index in [1.54, 1.807) is 6.92 Å². The highest BCUT2D eigenvalue weighted by Crippen LogP contribution is 2.31. The molecule has 0 saturated carbocycles. The van der Waals surface area contributed by atoms with E-state index in [4.69, 9.17) is 16.3 Å². The summed E-state index contributed by atoms with van der Waals surface area (Å²) in [6, 6.07) is 4.06. The Kier molecular flexibility index (Phi) is 4.49. The van der Waals surface area contributed by atoms with Crippen LogP contribution in [0.5, 0.6) is 5.75 Å². The van der Waals surface area contributed by atoms with Gasteiger partial charge in [0.1, 0.15) is 6.33 Å². The van der Waals surface area contributed by atoms with E-state index in [1.807, 2.05) is 0 Å². The molecular formula is C12H10ClFN4O3. The Morgan fingerprint density at radius 3 is 2.86 bits per heavy atom. The van der Waals surface area contributed by atoms with Gasteiger partial charge >= 0.3 is 5.69 Å². The Morgan fingerprint density at radius 2 is 2.24 bits per heavy atom. The van der Waals surface area contributed by atoms with E-state index in [0.29, 0.717) is 6.61 Å². The van der Waals surface area contributed by atoms with Gasteiger partial charge in [0, 0.05) is 11.8 Å². The fraction of sp³-hybridized carbons (Fsp3) is 0.167. The van der Waals surface area contributed by atoms with Gasteiger partial charge in [0.25, 0.3) is 0 Å². The maximum Gasteiger partial charge on any atom is 0.348 e. The quantitative estimate of drug-likeness (QED) is 0.517. The van der Waals surface area contributed by atoms with Gasteiger partial charge in [-0.25, -0.2) is 14.4 Å². The number of ether oxygens (including phenoxy) is 1. The summed E-state index contributed by atoms with van der Waals surface area (Å²) < 4.78 is 18.8. The largest absolute Gasteiger partial charge is 0.491 e. The summed E-state index contributed by atoms with van der Waals surface area (Å²) in [6.07, 6.45) is 1.07. The van der Waals surface area contributed by atoms with Crippen LogP contribution in [0.15, 0.2) is 24.5 Å². The summed E-state index contributed by atoms with van der Waals surface area (Å²) in [7, 11) is 0. The second-order valence-corrected chi connectivity index (χ2v) is 4.18. The number of benzene rings is 1. The minimum atomic E-state index is -0.713. The van der Waals surface area contributed by atoms with Crippen molar-refractivity contribution in [3.63, 3.8) is 0 Å². The number of hydrogen-bond acceptors (Lipinski definition) is 6. The molecule has 110 valence electrons. The molecule has 1 aromatic carbocycles. The fourth-order valence-corrected chi connectivity index (χ4v) is 1.80. The molecular weight excluding hydrogens is 303 g/mol. The van der Waals surface area contributed by atoms with Crippen molar-refractivity contribution in [3.05, 3.63) is 45.6 Å². The van der Waals surface area contributed by atoms with Gasteiger partial charge in [-0.05, 0) is 19.1 Å². The number of anilines is 2. The van der Waals surface area contributed by atoms with Gasteiger partial charge in [0.15, 0.2) is 11.6 Å². The standard InChI is InChI=1S/C12H10ClFN4O3/c1-2-21-9-4-3-7(5-8(9)14)17-12-10(18(19)20)11(13)15-6-16-12/h3-6H,2H2,1H3,(H,15,16,17). The Hall–Kier alpha value is -2.48. The SMILES string of the molecule is CCOc1ccc(Nc2ncnc(Cl)c2[N+](=O)[O-])cc1F. The normalized spacial score (nSPS) is 10.2. The lowest BCUT2D eigenvalue weighted by Gasteiger charge is -2.09. The molecule has 2 rings (SSSR count). The van der Waals surface area contributed by atoms with Crippen molar-refractivity contribution in [3.8, 4) is 5.75 Å². The zero-order chi connectivity index (χ0) is 15.4. The van der Waals surface area contributed by atoms with Crippen LogP contribution in [-0.2, 0) is 0 Å². The third-order valence-electron chi connectivity index (χ3n) is 2.45. The van der Waals surface area contributed by atoms with Crippen LogP contribution in [0, 0.1) is 15.9 Å². The summed E-state index contributed by atoms with van der Waals surface area (Å²) in [5.41, 5.74) is -0.206. The molecule has 21 heavy (non-hydrogen) atoms. The van der Waals surface area contributed by atoms with Gasteiger partial charge in [0.05, 0.1) is 11.5 Å². The second kappa shape index (κ2) is 6.31. The van der Waals surface area contributed by atoms with E-state index in [-0.39, 0.29) is 22.4 Å². The average Bonchev–Trinajstić information content (AvgIpc) is 2.41. The first kappa shape index (κ1) is 14.9. The Morgan fingerprint density at radius 1 is 1.48 bits per heavy atom. The lowest BCUT2D eigenvalue weighted by atomic mass is 10.3. The molecule has 0 amide bonds. The maximum atomic E-state index is 13.7. The molecule has 0 aliphatic carbocycles. The van der Waals surface area contributed by atoms with E-state index >= 15 is 0 Å². The van der Waals surface area contributed by atoms with Crippen LogP contribution in [0.3, 0.4) is 0 Å². The fourth-order valence-electron chi connectivity index (χ4n) is 1.60. The van der Waals surface area contributed by atoms with Gasteiger partial charge in [-0.3, -0.25) is 10.1 Å². The van der Waals surface area contributed by atoms with Gasteiger partial charge < -0.3 is 10.1 Å². The van der Waals surface area contributed by atoms with Crippen LogP contribution in [-0.4, -0.2) is 21.5 Å². The minimum absolute atomic E-state index is 0.0956. The van der Waals surface area contributed by atoms with E-state index < -0.39 is 16.4 Å². The molecule has 0 saturated heterocycles. The summed E-state index contributed by atoms with van der Waals surface area (Å²) >= 11 is 5.66. The van der Waals surface area contributed by atoms with Crippen LogP contribution in [0.2, 0.25) is 5.15 Å². The van der Waals surface area contributed by atoms with E-state index in [0.717, 1.165) is 12.4 Å². The first-order valence-electron chi connectivity index (χ1n) is 5.87. The summed E-state index contributed by atoms with van der Waals surface area (Å²) in [5.74, 6) is -0.619. The van der Waals surface area contributed by atoms with Crippen LogP contribution in [0.4, 0.5) is 21.6 Å². The van der Waals surface area contributed by atoms with Gasteiger partial charge in [-0.1, -0.05) is 11.6 Å². The predicted octanol–water partition coefficient (Wildman–Crippen LogP) is 3.32. The molecule has 1 heterocycles. The number of nitro groups is 1. The molecule has 1 N–H and O–H groups in total. The second-order valence-electron chi connectivity index (χ2n) is 3.82. The molecule has 0 unspecified atom stereocenters. The molecule has 0 aliphatic heterocycles.